The fourth-order valence-corrected chi connectivity index (χ4v) is 3.17. The van der Waals surface area contributed by atoms with Crippen molar-refractivity contribution in [3.8, 4) is 0 Å². The number of amides is 2. The third-order valence-electron chi connectivity index (χ3n) is 4.78. The topological polar surface area (TPSA) is 65.3 Å². The Balaban J connectivity index is 1.43. The molecule has 1 saturated carbocycles. The van der Waals surface area contributed by atoms with E-state index in [0.717, 1.165) is 12.8 Å². The van der Waals surface area contributed by atoms with Gasteiger partial charge in [0.25, 0.3) is 11.8 Å². The second-order valence-corrected chi connectivity index (χ2v) is 6.57. The summed E-state index contributed by atoms with van der Waals surface area (Å²) < 4.78 is 14.0. The minimum absolute atomic E-state index is 0.00657. The summed E-state index contributed by atoms with van der Waals surface area (Å²) in [7, 11) is 0. The normalized spacial score (nSPS) is 24.0. The Morgan fingerprint density at radius 3 is 2.36 bits per heavy atom. The van der Waals surface area contributed by atoms with E-state index >= 15 is 0 Å². The maximum atomic E-state index is 14.0. The SMILES string of the molecule is O=C1N=C(N2CCN(C(=O)c3ccccc3)CC2)N=C(C2CC2)C1F. The number of aliphatic imine (C=N–C) groups is 2. The van der Waals surface area contributed by atoms with E-state index in [4.69, 9.17) is 0 Å². The number of carbonyl (C=O) groups is 2. The average molecular weight is 342 g/mol. The molecule has 2 heterocycles. The highest BCUT2D eigenvalue weighted by Gasteiger charge is 2.40. The third-order valence-corrected chi connectivity index (χ3v) is 4.78. The van der Waals surface area contributed by atoms with E-state index in [1.165, 1.54) is 0 Å². The monoisotopic (exact) mass is 342 g/mol. The van der Waals surface area contributed by atoms with Crippen molar-refractivity contribution >= 4 is 23.5 Å². The van der Waals surface area contributed by atoms with Crippen molar-refractivity contribution in [2.75, 3.05) is 26.2 Å². The molecule has 0 radical (unpaired) electrons. The molecule has 130 valence electrons. The minimum atomic E-state index is -1.68. The molecule has 1 unspecified atom stereocenters. The standard InChI is InChI=1S/C18H19FN4O2/c19-14-15(12-6-7-12)20-18(21-16(14)24)23-10-8-22(9-11-23)17(25)13-4-2-1-3-5-13/h1-5,12,14H,6-11H2. The van der Waals surface area contributed by atoms with Gasteiger partial charge >= 0.3 is 0 Å². The fourth-order valence-electron chi connectivity index (χ4n) is 3.17. The van der Waals surface area contributed by atoms with Crippen molar-refractivity contribution in [1.29, 1.82) is 0 Å². The van der Waals surface area contributed by atoms with Crippen LogP contribution in [0.1, 0.15) is 23.2 Å². The molecule has 4 rings (SSSR count). The number of hydrogen-bond acceptors (Lipinski definition) is 4. The summed E-state index contributed by atoms with van der Waals surface area (Å²) in [6, 6.07) is 9.15. The summed E-state index contributed by atoms with van der Waals surface area (Å²) in [5, 5.41) is 0. The summed E-state index contributed by atoms with van der Waals surface area (Å²) in [6.45, 7) is 2.11. The average Bonchev–Trinajstić information content (AvgIpc) is 3.49. The highest BCUT2D eigenvalue weighted by Crippen LogP contribution is 2.34. The number of rotatable bonds is 2. The minimum Gasteiger partial charge on any atom is -0.337 e. The first-order chi connectivity index (χ1) is 12.1. The van der Waals surface area contributed by atoms with Gasteiger partial charge in [-0.2, -0.15) is 4.99 Å². The molecule has 0 N–H and O–H groups in total. The van der Waals surface area contributed by atoms with Crippen molar-refractivity contribution in [1.82, 2.24) is 9.80 Å². The van der Waals surface area contributed by atoms with E-state index < -0.39 is 12.1 Å². The zero-order chi connectivity index (χ0) is 17.4. The highest BCUT2D eigenvalue weighted by atomic mass is 19.1. The second kappa shape index (κ2) is 6.38. The van der Waals surface area contributed by atoms with Crippen molar-refractivity contribution < 1.29 is 14.0 Å². The molecule has 1 saturated heterocycles. The lowest BCUT2D eigenvalue weighted by Gasteiger charge is -2.36. The van der Waals surface area contributed by atoms with E-state index in [1.807, 2.05) is 23.1 Å². The molecule has 0 aromatic heterocycles. The summed E-state index contributed by atoms with van der Waals surface area (Å²) >= 11 is 0. The number of halogens is 1. The maximum Gasteiger partial charge on any atom is 0.289 e. The molecule has 25 heavy (non-hydrogen) atoms. The van der Waals surface area contributed by atoms with Gasteiger partial charge in [0.15, 0.2) is 0 Å². The summed E-state index contributed by atoms with van der Waals surface area (Å²) in [6.07, 6.45) is 0.0930. The number of carbonyl (C=O) groups excluding carboxylic acids is 2. The van der Waals surface area contributed by atoms with E-state index in [1.54, 1.807) is 17.0 Å². The largest absolute Gasteiger partial charge is 0.337 e. The Hall–Kier alpha value is -2.57. The molecule has 2 aliphatic heterocycles. The number of alkyl halides is 1. The zero-order valence-corrected chi connectivity index (χ0v) is 13.8. The van der Waals surface area contributed by atoms with Gasteiger partial charge in [0.1, 0.15) is 0 Å². The van der Waals surface area contributed by atoms with Crippen molar-refractivity contribution in [2.45, 2.75) is 19.0 Å². The van der Waals surface area contributed by atoms with Gasteiger partial charge in [-0.15, -0.1) is 0 Å². The van der Waals surface area contributed by atoms with Gasteiger partial charge < -0.3 is 9.80 Å². The second-order valence-electron chi connectivity index (χ2n) is 6.57. The smallest absolute Gasteiger partial charge is 0.289 e. The number of piperazine rings is 1. The molecule has 1 atom stereocenters. The molecule has 0 bridgehead atoms. The zero-order valence-electron chi connectivity index (χ0n) is 13.8. The number of benzene rings is 1. The van der Waals surface area contributed by atoms with Crippen LogP contribution in [0.25, 0.3) is 0 Å². The maximum absolute atomic E-state index is 14.0. The molecule has 7 heteroatoms. The van der Waals surface area contributed by atoms with Crippen LogP contribution in [0.2, 0.25) is 0 Å². The first kappa shape index (κ1) is 15.9. The predicted octanol–water partition coefficient (Wildman–Crippen LogP) is 1.53. The van der Waals surface area contributed by atoms with Crippen LogP contribution in [0.3, 0.4) is 0 Å². The van der Waals surface area contributed by atoms with Gasteiger partial charge in [-0.05, 0) is 25.0 Å². The molecule has 3 aliphatic rings. The van der Waals surface area contributed by atoms with Crippen molar-refractivity contribution in [3.63, 3.8) is 0 Å². The van der Waals surface area contributed by atoms with Crippen LogP contribution in [0.5, 0.6) is 0 Å². The number of hydrogen-bond donors (Lipinski definition) is 0. The Labute approximate surface area is 145 Å². The van der Waals surface area contributed by atoms with E-state index in [-0.39, 0.29) is 11.8 Å². The fraction of sp³-hybridized carbons (Fsp3) is 0.444. The molecule has 1 aromatic carbocycles. The first-order valence-electron chi connectivity index (χ1n) is 8.58. The third kappa shape index (κ3) is 3.18. The van der Waals surface area contributed by atoms with Crippen LogP contribution in [-0.4, -0.2) is 65.6 Å². The molecule has 0 spiro atoms. The van der Waals surface area contributed by atoms with E-state index in [2.05, 4.69) is 9.98 Å². The van der Waals surface area contributed by atoms with Crippen LogP contribution in [0, 0.1) is 5.92 Å². The Bertz CT molecular complexity index is 750. The highest BCUT2D eigenvalue weighted by molar-refractivity contribution is 6.18. The predicted molar refractivity (Wildman–Crippen MR) is 91.4 cm³/mol. The lowest BCUT2D eigenvalue weighted by atomic mass is 10.1. The quantitative estimate of drug-likeness (QED) is 0.819. The van der Waals surface area contributed by atoms with Crippen LogP contribution in [0.4, 0.5) is 4.39 Å². The van der Waals surface area contributed by atoms with Crippen LogP contribution >= 0.6 is 0 Å². The van der Waals surface area contributed by atoms with Crippen LogP contribution in [-0.2, 0) is 4.79 Å². The van der Waals surface area contributed by atoms with Crippen molar-refractivity contribution in [2.24, 2.45) is 15.9 Å². The number of guanidine groups is 1. The van der Waals surface area contributed by atoms with Crippen molar-refractivity contribution in [3.05, 3.63) is 35.9 Å². The first-order valence-corrected chi connectivity index (χ1v) is 8.58. The molecule has 2 amide bonds. The molecule has 2 fully saturated rings. The van der Waals surface area contributed by atoms with Gasteiger partial charge in [-0.25, -0.2) is 9.38 Å². The molecular weight excluding hydrogens is 323 g/mol. The lowest BCUT2D eigenvalue weighted by molar-refractivity contribution is -0.120. The summed E-state index contributed by atoms with van der Waals surface area (Å²) in [5.74, 6) is -0.374. The summed E-state index contributed by atoms with van der Waals surface area (Å²) in [5.41, 5.74) is 0.994. The number of nitrogens with zero attached hydrogens (tertiary/aromatic N) is 4. The lowest BCUT2D eigenvalue weighted by Crippen LogP contribution is -2.51. The molecule has 1 aliphatic carbocycles. The molecular formula is C18H19FN4O2. The van der Waals surface area contributed by atoms with Crippen LogP contribution in [0.15, 0.2) is 40.3 Å². The van der Waals surface area contributed by atoms with Gasteiger partial charge in [-0.3, -0.25) is 9.59 Å². The van der Waals surface area contributed by atoms with E-state index in [9.17, 15) is 14.0 Å². The van der Waals surface area contributed by atoms with Gasteiger partial charge in [-0.1, -0.05) is 18.2 Å². The van der Waals surface area contributed by atoms with Gasteiger partial charge in [0, 0.05) is 37.7 Å². The van der Waals surface area contributed by atoms with Gasteiger partial charge in [0.2, 0.25) is 12.1 Å². The van der Waals surface area contributed by atoms with Gasteiger partial charge in [0.05, 0.1) is 5.71 Å². The Morgan fingerprint density at radius 2 is 1.72 bits per heavy atom. The Morgan fingerprint density at radius 1 is 1.04 bits per heavy atom. The van der Waals surface area contributed by atoms with Crippen LogP contribution < -0.4 is 0 Å². The summed E-state index contributed by atoms with van der Waals surface area (Å²) in [4.78, 5) is 36.1. The molecule has 6 nitrogen and oxygen atoms in total. The Kier molecular flexibility index (Phi) is 4.07. The molecule has 1 aromatic rings. The van der Waals surface area contributed by atoms with E-state index in [0.29, 0.717) is 43.4 Å².